The van der Waals surface area contributed by atoms with Crippen LogP contribution in [0, 0.1) is 0 Å². The molecule has 88 valence electrons. The Morgan fingerprint density at radius 3 is 3.00 bits per heavy atom. The molecule has 1 aliphatic carbocycles. The second-order valence-electron chi connectivity index (χ2n) is 4.25. The molecule has 0 spiro atoms. The van der Waals surface area contributed by atoms with Crippen LogP contribution in [-0.2, 0) is 7.05 Å². The highest BCUT2D eigenvalue weighted by Crippen LogP contribution is 2.28. The molecule has 2 aromatic rings. The van der Waals surface area contributed by atoms with E-state index in [0.717, 1.165) is 18.5 Å². The number of aromatic carboxylic acids is 1. The van der Waals surface area contributed by atoms with Crippen LogP contribution in [0.5, 0.6) is 0 Å². The van der Waals surface area contributed by atoms with Gasteiger partial charge in [0.15, 0.2) is 5.65 Å². The van der Waals surface area contributed by atoms with Crippen molar-refractivity contribution >= 4 is 22.8 Å². The summed E-state index contributed by atoms with van der Waals surface area (Å²) in [5, 5.41) is 12.3. The van der Waals surface area contributed by atoms with Crippen LogP contribution in [0.3, 0.4) is 0 Å². The van der Waals surface area contributed by atoms with Crippen molar-refractivity contribution in [2.75, 3.05) is 5.32 Å². The van der Waals surface area contributed by atoms with Gasteiger partial charge in [-0.05, 0) is 18.9 Å². The summed E-state index contributed by atoms with van der Waals surface area (Å²) in [6, 6.07) is 2.33. The number of anilines is 1. The number of aryl methyl sites for hydroxylation is 1. The first-order valence-electron chi connectivity index (χ1n) is 5.48. The third-order valence-electron chi connectivity index (χ3n) is 2.89. The zero-order valence-corrected chi connectivity index (χ0v) is 9.34. The number of hydrogen-bond acceptors (Lipinski definition) is 4. The third-order valence-corrected chi connectivity index (χ3v) is 2.89. The van der Waals surface area contributed by atoms with Crippen molar-refractivity contribution < 1.29 is 9.90 Å². The lowest BCUT2D eigenvalue weighted by Crippen LogP contribution is -2.05. The van der Waals surface area contributed by atoms with Gasteiger partial charge in [-0.25, -0.2) is 14.8 Å². The molecule has 1 fully saturated rings. The number of carbonyl (C=O) groups is 1. The Morgan fingerprint density at radius 1 is 1.59 bits per heavy atom. The van der Waals surface area contributed by atoms with Crippen LogP contribution in [0.2, 0.25) is 0 Å². The van der Waals surface area contributed by atoms with Crippen molar-refractivity contribution in [3.8, 4) is 0 Å². The van der Waals surface area contributed by atoms with E-state index in [0.29, 0.717) is 17.2 Å². The molecular formula is C11H12N4O2. The number of carboxylic acid groups (broad SMARTS) is 1. The van der Waals surface area contributed by atoms with Crippen molar-refractivity contribution in [3.63, 3.8) is 0 Å². The Hall–Kier alpha value is -2.11. The molecule has 1 saturated carbocycles. The highest BCUT2D eigenvalue weighted by atomic mass is 16.4. The molecule has 0 unspecified atom stereocenters. The minimum atomic E-state index is -1.04. The molecule has 0 bridgehead atoms. The normalized spacial score (nSPS) is 15.1. The predicted molar refractivity (Wildman–Crippen MR) is 62.1 cm³/mol. The summed E-state index contributed by atoms with van der Waals surface area (Å²) >= 11 is 0. The number of nitrogens with zero attached hydrogens (tertiary/aromatic N) is 3. The minimum Gasteiger partial charge on any atom is -0.475 e. The Labute approximate surface area is 97.3 Å². The quantitative estimate of drug-likeness (QED) is 0.832. The van der Waals surface area contributed by atoms with Gasteiger partial charge >= 0.3 is 5.97 Å². The molecule has 0 atom stereocenters. The van der Waals surface area contributed by atoms with Crippen LogP contribution in [0.4, 0.5) is 5.69 Å². The molecule has 0 amide bonds. The third kappa shape index (κ3) is 1.61. The van der Waals surface area contributed by atoms with Gasteiger partial charge in [0.1, 0.15) is 5.52 Å². The number of carboxylic acids is 1. The summed E-state index contributed by atoms with van der Waals surface area (Å²) in [5.41, 5.74) is 2.08. The molecule has 2 aromatic heterocycles. The van der Waals surface area contributed by atoms with Crippen LogP contribution in [-0.4, -0.2) is 31.7 Å². The van der Waals surface area contributed by atoms with Gasteiger partial charge < -0.3 is 15.0 Å². The van der Waals surface area contributed by atoms with Gasteiger partial charge in [0.05, 0.1) is 5.69 Å². The predicted octanol–water partition coefficient (Wildman–Crippen LogP) is 1.24. The molecule has 6 nitrogen and oxygen atoms in total. The maximum atomic E-state index is 11.0. The molecule has 0 aromatic carbocycles. The van der Waals surface area contributed by atoms with Crippen molar-refractivity contribution in [2.45, 2.75) is 18.9 Å². The van der Waals surface area contributed by atoms with Gasteiger partial charge in [-0.1, -0.05) is 0 Å². The van der Waals surface area contributed by atoms with Crippen LogP contribution in [0.15, 0.2) is 12.3 Å². The number of aromatic nitrogens is 3. The van der Waals surface area contributed by atoms with E-state index >= 15 is 0 Å². The second kappa shape index (κ2) is 3.44. The summed E-state index contributed by atoms with van der Waals surface area (Å²) in [5.74, 6) is -1.03. The monoisotopic (exact) mass is 232 g/mol. The number of nitrogens with one attached hydrogen (secondary N) is 1. The second-order valence-corrected chi connectivity index (χ2v) is 4.25. The van der Waals surface area contributed by atoms with Gasteiger partial charge in [0.25, 0.3) is 0 Å². The maximum absolute atomic E-state index is 11.0. The van der Waals surface area contributed by atoms with Crippen molar-refractivity contribution in [2.24, 2.45) is 7.05 Å². The SMILES string of the molecule is Cn1c(C(=O)O)nc2c(NC3CC3)ccnc21. The average molecular weight is 232 g/mol. The van der Waals surface area contributed by atoms with E-state index in [1.165, 1.54) is 4.57 Å². The summed E-state index contributed by atoms with van der Waals surface area (Å²) in [4.78, 5) is 19.3. The number of fused-ring (bicyclic) bond motifs is 1. The zero-order chi connectivity index (χ0) is 12.0. The maximum Gasteiger partial charge on any atom is 0.372 e. The van der Waals surface area contributed by atoms with E-state index in [4.69, 9.17) is 5.11 Å². The summed E-state index contributed by atoms with van der Waals surface area (Å²) in [6.07, 6.45) is 3.98. The highest BCUT2D eigenvalue weighted by molar-refractivity contribution is 5.93. The number of pyridine rings is 1. The summed E-state index contributed by atoms with van der Waals surface area (Å²) in [6.45, 7) is 0. The molecular weight excluding hydrogens is 220 g/mol. The number of imidazole rings is 1. The summed E-state index contributed by atoms with van der Waals surface area (Å²) in [7, 11) is 1.66. The van der Waals surface area contributed by atoms with Gasteiger partial charge in [-0.3, -0.25) is 0 Å². The van der Waals surface area contributed by atoms with Gasteiger partial charge in [-0.15, -0.1) is 0 Å². The van der Waals surface area contributed by atoms with E-state index in [1.54, 1.807) is 13.2 Å². The van der Waals surface area contributed by atoms with Crippen LogP contribution in [0.25, 0.3) is 11.2 Å². The van der Waals surface area contributed by atoms with E-state index in [1.807, 2.05) is 6.07 Å². The number of hydrogen-bond donors (Lipinski definition) is 2. The van der Waals surface area contributed by atoms with Gasteiger partial charge in [-0.2, -0.15) is 0 Å². The number of rotatable bonds is 3. The first kappa shape index (κ1) is 10.1. The van der Waals surface area contributed by atoms with E-state index < -0.39 is 5.97 Å². The van der Waals surface area contributed by atoms with E-state index in [-0.39, 0.29) is 5.82 Å². The van der Waals surface area contributed by atoms with Crippen LogP contribution >= 0.6 is 0 Å². The molecule has 0 saturated heterocycles. The Kier molecular flexibility index (Phi) is 2.04. The molecule has 17 heavy (non-hydrogen) atoms. The van der Waals surface area contributed by atoms with E-state index in [9.17, 15) is 4.79 Å². The largest absolute Gasteiger partial charge is 0.475 e. The van der Waals surface area contributed by atoms with Crippen molar-refractivity contribution in [3.05, 3.63) is 18.1 Å². The lowest BCUT2D eigenvalue weighted by Gasteiger charge is -2.04. The smallest absolute Gasteiger partial charge is 0.372 e. The van der Waals surface area contributed by atoms with Gasteiger partial charge in [0.2, 0.25) is 5.82 Å². The first-order chi connectivity index (χ1) is 8.16. The Balaban J connectivity index is 2.16. The molecule has 0 radical (unpaired) electrons. The molecule has 2 heterocycles. The van der Waals surface area contributed by atoms with E-state index in [2.05, 4.69) is 15.3 Å². The Morgan fingerprint density at radius 2 is 2.35 bits per heavy atom. The lowest BCUT2D eigenvalue weighted by atomic mass is 10.3. The molecule has 2 N–H and O–H groups in total. The molecule has 3 rings (SSSR count). The minimum absolute atomic E-state index is 0.0116. The van der Waals surface area contributed by atoms with Crippen LogP contribution in [0.1, 0.15) is 23.5 Å². The topological polar surface area (TPSA) is 80.0 Å². The first-order valence-corrected chi connectivity index (χ1v) is 5.48. The van der Waals surface area contributed by atoms with Crippen molar-refractivity contribution in [1.29, 1.82) is 0 Å². The van der Waals surface area contributed by atoms with Gasteiger partial charge in [0, 0.05) is 19.3 Å². The lowest BCUT2D eigenvalue weighted by molar-refractivity contribution is 0.0680. The molecule has 6 heteroatoms. The summed E-state index contributed by atoms with van der Waals surface area (Å²) < 4.78 is 1.50. The average Bonchev–Trinajstić information content (AvgIpc) is 3.03. The zero-order valence-electron chi connectivity index (χ0n) is 9.34. The van der Waals surface area contributed by atoms with Crippen LogP contribution < -0.4 is 5.32 Å². The fourth-order valence-electron chi connectivity index (χ4n) is 1.84. The molecule has 0 aliphatic heterocycles. The fraction of sp³-hybridized carbons (Fsp3) is 0.364. The van der Waals surface area contributed by atoms with Crippen molar-refractivity contribution in [1.82, 2.24) is 14.5 Å². The fourth-order valence-corrected chi connectivity index (χ4v) is 1.84. The standard InChI is InChI=1S/C11H12N4O2/c1-15-9-8(14-10(15)11(16)17)7(4-5-12-9)13-6-2-3-6/h4-6H,2-3H2,1H3,(H,12,13)(H,16,17). The Bertz CT molecular complexity index is 601. The highest BCUT2D eigenvalue weighted by Gasteiger charge is 2.23. The molecule has 1 aliphatic rings.